The first kappa shape index (κ1) is 18.1. The predicted molar refractivity (Wildman–Crippen MR) is 106 cm³/mol. The molecule has 3 heterocycles. The van der Waals surface area contributed by atoms with Gasteiger partial charge in [0.1, 0.15) is 17.0 Å². The summed E-state index contributed by atoms with van der Waals surface area (Å²) in [6.45, 7) is 2.09. The summed E-state index contributed by atoms with van der Waals surface area (Å²) >= 11 is 1.54. The Kier molecular flexibility index (Phi) is 4.56. The fourth-order valence-electron chi connectivity index (χ4n) is 3.15. The van der Waals surface area contributed by atoms with E-state index in [0.29, 0.717) is 29.0 Å². The van der Waals surface area contributed by atoms with E-state index in [2.05, 4.69) is 10.4 Å². The Hall–Kier alpha value is -3.26. The molecule has 0 radical (unpaired) electrons. The molecule has 0 aliphatic rings. The molecule has 0 aliphatic carbocycles. The zero-order valence-corrected chi connectivity index (χ0v) is 16.1. The van der Waals surface area contributed by atoms with Crippen LogP contribution in [0.5, 0.6) is 0 Å². The maximum absolute atomic E-state index is 13.3. The van der Waals surface area contributed by atoms with Crippen molar-refractivity contribution < 1.29 is 9.18 Å². The second-order valence-electron chi connectivity index (χ2n) is 6.42. The summed E-state index contributed by atoms with van der Waals surface area (Å²) in [5.41, 5.74) is 1.37. The number of hydrogen-bond acceptors (Lipinski definition) is 4. The first-order valence-corrected chi connectivity index (χ1v) is 9.49. The smallest absolute Gasteiger partial charge is 0.257 e. The van der Waals surface area contributed by atoms with E-state index >= 15 is 0 Å². The molecule has 0 fully saturated rings. The Morgan fingerprint density at radius 1 is 1.25 bits per heavy atom. The topological polar surface area (TPSA) is 68.9 Å². The summed E-state index contributed by atoms with van der Waals surface area (Å²) in [6, 6.07) is 9.68. The van der Waals surface area contributed by atoms with Gasteiger partial charge in [-0.2, -0.15) is 5.10 Å². The van der Waals surface area contributed by atoms with Gasteiger partial charge < -0.3 is 9.88 Å². The van der Waals surface area contributed by atoms with Crippen molar-refractivity contribution >= 4 is 28.3 Å². The van der Waals surface area contributed by atoms with Gasteiger partial charge in [-0.3, -0.25) is 9.59 Å². The molecule has 0 saturated carbocycles. The lowest BCUT2D eigenvalue weighted by molar-refractivity contribution is 0.0949. The van der Waals surface area contributed by atoms with Crippen molar-refractivity contribution in [3.63, 3.8) is 0 Å². The van der Waals surface area contributed by atoms with E-state index in [-0.39, 0.29) is 16.8 Å². The number of hydrogen-bond donors (Lipinski definition) is 1. The molecule has 28 heavy (non-hydrogen) atoms. The number of aromatic nitrogens is 3. The van der Waals surface area contributed by atoms with Gasteiger partial charge >= 0.3 is 0 Å². The minimum atomic E-state index is -0.426. The molecule has 0 atom stereocenters. The van der Waals surface area contributed by atoms with Crippen LogP contribution in [0.1, 0.15) is 20.9 Å². The normalized spacial score (nSPS) is 11.1. The molecule has 8 heteroatoms. The SMILES string of the molecule is Cc1nn(-c2ccc(F)cc2)c2c1c(=O)c(C(=O)NCc1cccs1)cn2C. The van der Waals surface area contributed by atoms with E-state index in [9.17, 15) is 14.0 Å². The lowest BCUT2D eigenvalue weighted by Crippen LogP contribution is -2.29. The Labute approximate surface area is 163 Å². The summed E-state index contributed by atoms with van der Waals surface area (Å²) in [5.74, 6) is -0.777. The highest BCUT2D eigenvalue weighted by Gasteiger charge is 2.20. The molecule has 0 aliphatic heterocycles. The van der Waals surface area contributed by atoms with Gasteiger partial charge in [0.05, 0.1) is 23.3 Å². The zero-order valence-electron chi connectivity index (χ0n) is 15.3. The molecule has 1 amide bonds. The number of amides is 1. The fourth-order valence-corrected chi connectivity index (χ4v) is 3.80. The first-order chi connectivity index (χ1) is 13.5. The van der Waals surface area contributed by atoms with E-state index in [1.807, 2.05) is 17.5 Å². The molecule has 4 rings (SSSR count). The van der Waals surface area contributed by atoms with Crippen LogP contribution in [0.25, 0.3) is 16.7 Å². The Morgan fingerprint density at radius 2 is 2.00 bits per heavy atom. The van der Waals surface area contributed by atoms with Crippen molar-refractivity contribution in [3.8, 4) is 5.69 Å². The van der Waals surface area contributed by atoms with Crippen molar-refractivity contribution in [2.45, 2.75) is 13.5 Å². The number of pyridine rings is 1. The van der Waals surface area contributed by atoms with Crippen LogP contribution in [-0.4, -0.2) is 20.3 Å². The highest BCUT2D eigenvalue weighted by molar-refractivity contribution is 7.09. The van der Waals surface area contributed by atoms with Crippen LogP contribution >= 0.6 is 11.3 Å². The average Bonchev–Trinajstić information content (AvgIpc) is 3.31. The summed E-state index contributed by atoms with van der Waals surface area (Å²) in [4.78, 5) is 26.6. The molecular weight excluding hydrogens is 379 g/mol. The number of carbonyl (C=O) groups excluding carboxylic acids is 1. The summed E-state index contributed by atoms with van der Waals surface area (Å²) in [6.07, 6.45) is 1.51. The maximum atomic E-state index is 13.3. The largest absolute Gasteiger partial charge is 0.347 e. The van der Waals surface area contributed by atoms with Crippen LogP contribution in [0.15, 0.2) is 52.8 Å². The molecule has 3 aromatic heterocycles. The highest BCUT2D eigenvalue weighted by atomic mass is 32.1. The van der Waals surface area contributed by atoms with Gasteiger partial charge in [0.15, 0.2) is 0 Å². The van der Waals surface area contributed by atoms with Gasteiger partial charge in [0.25, 0.3) is 5.91 Å². The first-order valence-electron chi connectivity index (χ1n) is 8.61. The van der Waals surface area contributed by atoms with Crippen LogP contribution in [0, 0.1) is 12.7 Å². The molecule has 6 nitrogen and oxygen atoms in total. The van der Waals surface area contributed by atoms with Crippen molar-refractivity contribution in [3.05, 3.63) is 80.2 Å². The number of fused-ring (bicyclic) bond motifs is 1. The lowest BCUT2D eigenvalue weighted by Gasteiger charge is -2.10. The third-order valence-electron chi connectivity index (χ3n) is 4.48. The van der Waals surface area contributed by atoms with E-state index in [0.717, 1.165) is 4.88 Å². The number of halogens is 1. The Balaban J connectivity index is 1.78. The van der Waals surface area contributed by atoms with Crippen molar-refractivity contribution in [1.29, 1.82) is 0 Å². The van der Waals surface area contributed by atoms with Gasteiger partial charge in [0.2, 0.25) is 5.43 Å². The monoisotopic (exact) mass is 396 g/mol. The summed E-state index contributed by atoms with van der Waals surface area (Å²) in [7, 11) is 1.75. The second-order valence-corrected chi connectivity index (χ2v) is 7.45. The average molecular weight is 396 g/mol. The van der Waals surface area contributed by atoms with Gasteiger partial charge in [0, 0.05) is 18.1 Å². The molecule has 0 spiro atoms. The van der Waals surface area contributed by atoms with Gasteiger partial charge in [-0.25, -0.2) is 9.07 Å². The fraction of sp³-hybridized carbons (Fsp3) is 0.150. The van der Waals surface area contributed by atoms with Crippen LogP contribution in [0.2, 0.25) is 0 Å². The minimum absolute atomic E-state index is 0.0633. The number of benzene rings is 1. The van der Waals surface area contributed by atoms with Crippen LogP contribution in [-0.2, 0) is 13.6 Å². The van der Waals surface area contributed by atoms with Crippen LogP contribution < -0.4 is 10.7 Å². The number of carbonyl (C=O) groups is 1. The summed E-state index contributed by atoms with van der Waals surface area (Å²) in [5, 5.41) is 9.53. The van der Waals surface area contributed by atoms with Crippen LogP contribution in [0.3, 0.4) is 0 Å². The zero-order chi connectivity index (χ0) is 19.8. The van der Waals surface area contributed by atoms with Gasteiger partial charge in [-0.15, -0.1) is 11.3 Å². The quantitative estimate of drug-likeness (QED) is 0.576. The molecular formula is C20H17FN4O2S. The lowest BCUT2D eigenvalue weighted by atomic mass is 10.1. The van der Waals surface area contributed by atoms with E-state index in [1.54, 1.807) is 35.4 Å². The standard InChI is InChI=1S/C20H17FN4O2S/c1-12-17-18(26)16(19(27)22-10-15-4-3-9-28-15)11-24(2)20(17)25(23-12)14-7-5-13(21)6-8-14/h3-9,11H,10H2,1-2H3,(H,22,27). The van der Waals surface area contributed by atoms with Gasteiger partial charge in [-0.05, 0) is 42.6 Å². The number of nitrogens with zero attached hydrogens (tertiary/aromatic N) is 3. The van der Waals surface area contributed by atoms with Crippen molar-refractivity contribution in [2.75, 3.05) is 0 Å². The molecule has 142 valence electrons. The molecule has 0 saturated heterocycles. The third kappa shape index (κ3) is 3.11. The Morgan fingerprint density at radius 3 is 2.68 bits per heavy atom. The predicted octanol–water partition coefficient (Wildman–Crippen LogP) is 3.16. The number of rotatable bonds is 4. The van der Waals surface area contributed by atoms with Crippen molar-refractivity contribution in [1.82, 2.24) is 19.7 Å². The van der Waals surface area contributed by atoms with E-state index in [4.69, 9.17) is 0 Å². The van der Waals surface area contributed by atoms with Crippen LogP contribution in [0.4, 0.5) is 4.39 Å². The van der Waals surface area contributed by atoms with E-state index < -0.39 is 5.91 Å². The molecule has 1 N–H and O–H groups in total. The molecule has 4 aromatic rings. The summed E-state index contributed by atoms with van der Waals surface area (Å²) < 4.78 is 16.5. The third-order valence-corrected chi connectivity index (χ3v) is 5.36. The van der Waals surface area contributed by atoms with E-state index in [1.165, 1.54) is 29.7 Å². The number of aryl methyl sites for hydroxylation is 2. The number of nitrogens with one attached hydrogen (secondary N) is 1. The maximum Gasteiger partial charge on any atom is 0.257 e. The molecule has 0 unspecified atom stereocenters. The second kappa shape index (κ2) is 7.05. The van der Waals surface area contributed by atoms with Gasteiger partial charge in [-0.1, -0.05) is 6.07 Å². The molecule has 0 bridgehead atoms. The number of thiophene rings is 1. The highest BCUT2D eigenvalue weighted by Crippen LogP contribution is 2.20. The van der Waals surface area contributed by atoms with Crippen molar-refractivity contribution in [2.24, 2.45) is 7.05 Å². The molecule has 1 aromatic carbocycles. The minimum Gasteiger partial charge on any atom is -0.347 e. The Bertz CT molecular complexity index is 1220.